The number of esters is 1. The van der Waals surface area contributed by atoms with Crippen molar-refractivity contribution in [1.82, 2.24) is 5.43 Å². The number of hydrogen-bond donors (Lipinski definition) is 1. The molecule has 6 nitrogen and oxygen atoms in total. The largest absolute Gasteiger partial charge is 0.461 e. The van der Waals surface area contributed by atoms with Crippen LogP contribution in [0, 0.1) is 0 Å². The maximum atomic E-state index is 14.6. The van der Waals surface area contributed by atoms with Gasteiger partial charge in [-0.15, -0.1) is 0 Å². The highest BCUT2D eigenvalue weighted by atomic mass is 19.1. The number of nitrogens with zero attached hydrogens (tertiary/aromatic N) is 1. The molecule has 0 aliphatic heterocycles. The fourth-order valence-electron chi connectivity index (χ4n) is 2.05. The summed E-state index contributed by atoms with van der Waals surface area (Å²) < 4.78 is 19.4. The SMILES string of the molecule is CCOC(=O)/C(=N\NC(=O)c1ccccc1)C(F)C(=O)c1ccccc1. The predicted molar refractivity (Wildman–Crippen MR) is 93.6 cm³/mol. The lowest BCUT2D eigenvalue weighted by Crippen LogP contribution is -2.36. The van der Waals surface area contributed by atoms with Crippen LogP contribution in [0.25, 0.3) is 0 Å². The van der Waals surface area contributed by atoms with Gasteiger partial charge in [-0.1, -0.05) is 48.5 Å². The van der Waals surface area contributed by atoms with Crippen LogP contribution in [0.3, 0.4) is 0 Å². The number of amides is 1. The molecule has 0 spiro atoms. The Morgan fingerprint density at radius 1 is 1.00 bits per heavy atom. The van der Waals surface area contributed by atoms with Gasteiger partial charge >= 0.3 is 5.97 Å². The fourth-order valence-corrected chi connectivity index (χ4v) is 2.05. The minimum Gasteiger partial charge on any atom is -0.461 e. The van der Waals surface area contributed by atoms with E-state index in [-0.39, 0.29) is 17.7 Å². The molecule has 1 N–H and O–H groups in total. The van der Waals surface area contributed by atoms with Crippen LogP contribution in [-0.2, 0) is 9.53 Å². The Morgan fingerprint density at radius 2 is 1.54 bits per heavy atom. The molecule has 26 heavy (non-hydrogen) atoms. The van der Waals surface area contributed by atoms with Crippen LogP contribution < -0.4 is 5.43 Å². The van der Waals surface area contributed by atoms with E-state index in [0.717, 1.165) is 0 Å². The van der Waals surface area contributed by atoms with E-state index in [4.69, 9.17) is 4.74 Å². The summed E-state index contributed by atoms with van der Waals surface area (Å²) in [5, 5.41) is 3.51. The summed E-state index contributed by atoms with van der Waals surface area (Å²) in [5.74, 6) is -2.71. The predicted octanol–water partition coefficient (Wildman–Crippen LogP) is 2.56. The van der Waals surface area contributed by atoms with Gasteiger partial charge in [-0.2, -0.15) is 5.10 Å². The van der Waals surface area contributed by atoms with Gasteiger partial charge in [-0.25, -0.2) is 14.6 Å². The molecule has 0 aromatic heterocycles. The van der Waals surface area contributed by atoms with E-state index >= 15 is 0 Å². The lowest BCUT2D eigenvalue weighted by atomic mass is 10.0. The molecule has 1 atom stereocenters. The molecule has 0 saturated heterocycles. The summed E-state index contributed by atoms with van der Waals surface area (Å²) >= 11 is 0. The maximum Gasteiger partial charge on any atom is 0.358 e. The van der Waals surface area contributed by atoms with Crippen molar-refractivity contribution >= 4 is 23.4 Å². The van der Waals surface area contributed by atoms with Crippen molar-refractivity contribution < 1.29 is 23.5 Å². The third-order valence-electron chi connectivity index (χ3n) is 3.33. The van der Waals surface area contributed by atoms with E-state index in [9.17, 15) is 18.8 Å². The zero-order valence-electron chi connectivity index (χ0n) is 14.0. The minimum absolute atomic E-state index is 0.0310. The maximum absolute atomic E-state index is 14.6. The van der Waals surface area contributed by atoms with Crippen molar-refractivity contribution in [2.45, 2.75) is 13.1 Å². The third-order valence-corrected chi connectivity index (χ3v) is 3.33. The second-order valence-electron chi connectivity index (χ2n) is 5.12. The number of hydrogen-bond acceptors (Lipinski definition) is 5. The van der Waals surface area contributed by atoms with Gasteiger partial charge in [0.15, 0.2) is 5.71 Å². The summed E-state index contributed by atoms with van der Waals surface area (Å²) in [4.78, 5) is 36.2. The Kier molecular flexibility index (Phi) is 6.73. The second kappa shape index (κ2) is 9.22. The van der Waals surface area contributed by atoms with Gasteiger partial charge in [0.05, 0.1) is 6.61 Å². The van der Waals surface area contributed by atoms with Crippen molar-refractivity contribution in [2.75, 3.05) is 6.61 Å². The monoisotopic (exact) mass is 356 g/mol. The van der Waals surface area contributed by atoms with Gasteiger partial charge in [0.1, 0.15) is 0 Å². The standard InChI is InChI=1S/C19H17FN2O4/c1-2-26-19(25)16(15(20)17(23)13-9-5-3-6-10-13)21-22-18(24)14-11-7-4-8-12-14/h3-12,15H,2H2,1H3,(H,22,24)/b21-16-. The Morgan fingerprint density at radius 3 is 2.08 bits per heavy atom. The van der Waals surface area contributed by atoms with Crippen LogP contribution in [0.15, 0.2) is 65.8 Å². The Bertz CT molecular complexity index is 807. The second-order valence-corrected chi connectivity index (χ2v) is 5.12. The van der Waals surface area contributed by atoms with Gasteiger partial charge in [0, 0.05) is 11.1 Å². The molecule has 7 heteroatoms. The average molecular weight is 356 g/mol. The lowest BCUT2D eigenvalue weighted by Gasteiger charge is -2.10. The summed E-state index contributed by atoms with van der Waals surface area (Å²) in [5.41, 5.74) is 1.61. The van der Waals surface area contributed by atoms with Crippen LogP contribution in [0.1, 0.15) is 27.6 Å². The van der Waals surface area contributed by atoms with E-state index in [0.29, 0.717) is 0 Å². The number of Topliss-reactive ketones (excluding diaryl/α,β-unsaturated/α-hetero) is 1. The van der Waals surface area contributed by atoms with Gasteiger partial charge in [0.2, 0.25) is 12.0 Å². The summed E-state index contributed by atoms with van der Waals surface area (Å²) in [6.45, 7) is 1.50. The van der Waals surface area contributed by atoms with Crippen molar-refractivity contribution in [1.29, 1.82) is 0 Å². The summed E-state index contributed by atoms with van der Waals surface area (Å²) in [6.07, 6.45) is -2.37. The van der Waals surface area contributed by atoms with Crippen LogP contribution in [-0.4, -0.2) is 36.1 Å². The first-order valence-corrected chi connectivity index (χ1v) is 7.88. The average Bonchev–Trinajstić information content (AvgIpc) is 2.68. The summed E-state index contributed by atoms with van der Waals surface area (Å²) in [7, 11) is 0. The van der Waals surface area contributed by atoms with Gasteiger partial charge < -0.3 is 4.74 Å². The number of nitrogens with one attached hydrogen (secondary N) is 1. The molecule has 134 valence electrons. The number of ether oxygens (including phenoxy) is 1. The Labute approximate surface area is 149 Å². The Balaban J connectivity index is 2.23. The van der Waals surface area contributed by atoms with Crippen molar-refractivity contribution in [3.05, 3.63) is 71.8 Å². The molecule has 2 rings (SSSR count). The first kappa shape index (κ1) is 19.0. The van der Waals surface area contributed by atoms with Gasteiger partial charge in [0.25, 0.3) is 5.91 Å². The quantitative estimate of drug-likeness (QED) is 0.358. The molecule has 0 radical (unpaired) electrons. The number of carbonyl (C=O) groups excluding carboxylic acids is 3. The molecule has 2 aromatic rings. The van der Waals surface area contributed by atoms with E-state index in [2.05, 4.69) is 10.5 Å². The normalized spacial score (nSPS) is 12.2. The first-order valence-electron chi connectivity index (χ1n) is 7.88. The molecular formula is C19H17FN2O4. The topological polar surface area (TPSA) is 84.8 Å². The first-order chi connectivity index (χ1) is 12.5. The highest BCUT2D eigenvalue weighted by Gasteiger charge is 2.31. The van der Waals surface area contributed by atoms with Crippen molar-refractivity contribution in [3.8, 4) is 0 Å². The molecule has 1 amide bonds. The van der Waals surface area contributed by atoms with Gasteiger partial charge in [-0.05, 0) is 19.1 Å². The molecule has 0 fully saturated rings. The van der Waals surface area contributed by atoms with E-state index < -0.39 is 29.5 Å². The van der Waals surface area contributed by atoms with E-state index in [1.54, 1.807) is 36.4 Å². The van der Waals surface area contributed by atoms with Crippen LogP contribution in [0.5, 0.6) is 0 Å². The smallest absolute Gasteiger partial charge is 0.358 e. The molecular weight excluding hydrogens is 339 g/mol. The molecule has 2 aromatic carbocycles. The van der Waals surface area contributed by atoms with Crippen LogP contribution in [0.2, 0.25) is 0 Å². The highest BCUT2D eigenvalue weighted by Crippen LogP contribution is 2.09. The fraction of sp³-hybridized carbons (Fsp3) is 0.158. The molecule has 0 heterocycles. The van der Waals surface area contributed by atoms with Crippen molar-refractivity contribution in [3.63, 3.8) is 0 Å². The zero-order chi connectivity index (χ0) is 18.9. The Hall–Kier alpha value is -3.35. The molecule has 0 saturated carbocycles. The molecule has 1 unspecified atom stereocenters. The minimum atomic E-state index is -2.37. The van der Waals surface area contributed by atoms with Crippen molar-refractivity contribution in [2.24, 2.45) is 5.10 Å². The summed E-state index contributed by atoms with van der Waals surface area (Å²) in [6, 6.07) is 15.7. The number of rotatable bonds is 7. The number of alkyl halides is 1. The number of halogens is 1. The molecule has 0 aliphatic rings. The lowest BCUT2D eigenvalue weighted by molar-refractivity contribution is -0.135. The van der Waals surface area contributed by atoms with E-state index in [1.807, 2.05) is 0 Å². The third kappa shape index (κ3) is 4.83. The number of carbonyl (C=O) groups is 3. The van der Waals surface area contributed by atoms with Crippen LogP contribution >= 0.6 is 0 Å². The molecule has 0 bridgehead atoms. The van der Waals surface area contributed by atoms with E-state index in [1.165, 1.54) is 31.2 Å². The highest BCUT2D eigenvalue weighted by molar-refractivity contribution is 6.43. The zero-order valence-corrected chi connectivity index (χ0v) is 14.0. The number of benzene rings is 2. The number of ketones is 1. The number of hydrazone groups is 1. The van der Waals surface area contributed by atoms with Crippen LogP contribution in [0.4, 0.5) is 4.39 Å². The molecule has 0 aliphatic carbocycles. The van der Waals surface area contributed by atoms with Gasteiger partial charge in [-0.3, -0.25) is 9.59 Å².